The molecule has 1 rings (SSSR count). The summed E-state index contributed by atoms with van der Waals surface area (Å²) in [4.78, 5) is 34.3. The maximum Gasteiger partial charge on any atom is 0.323 e. The van der Waals surface area contributed by atoms with Gasteiger partial charge in [0, 0.05) is 19.5 Å². The molecule has 0 radical (unpaired) electrons. The number of nitrogens with zero attached hydrogens (tertiary/aromatic N) is 1. The number of aliphatic carboxylic acids is 1. The maximum atomic E-state index is 11.7. The molecule has 1 atom stereocenters. The lowest BCUT2D eigenvalue weighted by molar-refractivity contribution is -0.137. The number of nitrogens with one attached hydrogen (secondary N) is 2. The minimum absolute atomic E-state index is 0.121. The van der Waals surface area contributed by atoms with Crippen LogP contribution in [-0.2, 0) is 9.59 Å². The number of hydrogen-bond acceptors (Lipinski definition) is 3. The minimum Gasteiger partial charge on any atom is -0.480 e. The molecule has 0 aromatic heterocycles. The van der Waals surface area contributed by atoms with Crippen LogP contribution in [-0.4, -0.2) is 53.6 Å². The minimum atomic E-state index is -1.09. The molecule has 1 fully saturated rings. The zero-order valence-corrected chi connectivity index (χ0v) is 9.31. The van der Waals surface area contributed by atoms with Gasteiger partial charge in [0.1, 0.15) is 6.54 Å². The Kier molecular flexibility index (Phi) is 4.50. The Morgan fingerprint density at radius 1 is 1.65 bits per heavy atom. The van der Waals surface area contributed by atoms with Crippen LogP contribution >= 0.6 is 0 Å². The summed E-state index contributed by atoms with van der Waals surface area (Å²) in [6.07, 6.45) is 1.67. The van der Waals surface area contributed by atoms with Crippen LogP contribution in [0.25, 0.3) is 0 Å². The average molecular weight is 241 g/mol. The average Bonchev–Trinajstić information content (AvgIpc) is 2.62. The smallest absolute Gasteiger partial charge is 0.323 e. The number of carboxylic acids is 1. The fraction of sp³-hybridized carbons (Fsp3) is 0.500. The number of carbonyl (C=O) groups is 3. The van der Waals surface area contributed by atoms with Gasteiger partial charge in [0.05, 0.1) is 6.04 Å². The normalized spacial score (nSPS) is 18.4. The van der Waals surface area contributed by atoms with Gasteiger partial charge in [-0.05, 0) is 0 Å². The van der Waals surface area contributed by atoms with E-state index in [9.17, 15) is 14.4 Å². The molecule has 3 N–H and O–H groups in total. The van der Waals surface area contributed by atoms with E-state index in [0.717, 1.165) is 4.90 Å². The lowest BCUT2D eigenvalue weighted by atomic mass is 10.2. The van der Waals surface area contributed by atoms with Crippen LogP contribution < -0.4 is 10.6 Å². The summed E-state index contributed by atoms with van der Waals surface area (Å²) < 4.78 is 0. The highest BCUT2D eigenvalue weighted by molar-refractivity contribution is 5.83. The Morgan fingerprint density at radius 3 is 2.82 bits per heavy atom. The van der Waals surface area contributed by atoms with E-state index < -0.39 is 18.5 Å². The van der Waals surface area contributed by atoms with Gasteiger partial charge < -0.3 is 20.6 Å². The zero-order chi connectivity index (χ0) is 12.8. The predicted octanol–water partition coefficient (Wildman–Crippen LogP) is -0.843. The molecule has 7 heteroatoms. The van der Waals surface area contributed by atoms with Gasteiger partial charge in [-0.25, -0.2) is 4.79 Å². The first-order chi connectivity index (χ1) is 8.02. The van der Waals surface area contributed by atoms with Crippen molar-refractivity contribution in [1.29, 1.82) is 0 Å². The molecule has 1 aliphatic rings. The van der Waals surface area contributed by atoms with Crippen LogP contribution in [0, 0.1) is 0 Å². The molecule has 94 valence electrons. The molecule has 3 amide bonds. The third-order valence-electron chi connectivity index (χ3n) is 2.27. The highest BCUT2D eigenvalue weighted by Crippen LogP contribution is 2.00. The Labute approximate surface area is 98.5 Å². The van der Waals surface area contributed by atoms with Gasteiger partial charge in [-0.2, -0.15) is 0 Å². The van der Waals surface area contributed by atoms with Crippen LogP contribution in [0.3, 0.4) is 0 Å². The van der Waals surface area contributed by atoms with Crippen molar-refractivity contribution in [2.75, 3.05) is 19.6 Å². The number of rotatable bonds is 5. The molecule has 1 heterocycles. The topological polar surface area (TPSA) is 98.7 Å². The third-order valence-corrected chi connectivity index (χ3v) is 2.27. The number of amides is 3. The quantitative estimate of drug-likeness (QED) is 0.546. The summed E-state index contributed by atoms with van der Waals surface area (Å²) in [6.45, 7) is 3.58. The second-order valence-electron chi connectivity index (χ2n) is 3.72. The Balaban J connectivity index is 2.49. The highest BCUT2D eigenvalue weighted by atomic mass is 16.4. The van der Waals surface area contributed by atoms with Gasteiger partial charge in [0.2, 0.25) is 5.91 Å². The van der Waals surface area contributed by atoms with Crippen LogP contribution in [0.2, 0.25) is 0 Å². The molecule has 17 heavy (non-hydrogen) atoms. The van der Waals surface area contributed by atoms with Crippen molar-refractivity contribution in [3.8, 4) is 0 Å². The molecule has 0 aromatic carbocycles. The van der Waals surface area contributed by atoms with E-state index in [1.165, 1.54) is 6.08 Å². The van der Waals surface area contributed by atoms with E-state index in [2.05, 4.69) is 17.2 Å². The van der Waals surface area contributed by atoms with Crippen molar-refractivity contribution in [1.82, 2.24) is 15.5 Å². The van der Waals surface area contributed by atoms with Crippen molar-refractivity contribution < 1.29 is 19.5 Å². The highest BCUT2D eigenvalue weighted by Gasteiger charge is 2.25. The van der Waals surface area contributed by atoms with E-state index in [1.807, 2.05) is 0 Å². The standard InChI is InChI=1S/C10H15N3O4/c1-2-3-13(6-9(15)16)10(17)12-7-4-8(14)11-5-7/h2,7H,1,3-6H2,(H,11,14)(H,12,17)(H,15,16). The molecule has 0 aromatic rings. The summed E-state index contributed by atoms with van der Waals surface area (Å²) >= 11 is 0. The maximum absolute atomic E-state index is 11.7. The molecule has 0 spiro atoms. The van der Waals surface area contributed by atoms with Gasteiger partial charge in [0.15, 0.2) is 0 Å². The molecular formula is C10H15N3O4. The van der Waals surface area contributed by atoms with Crippen molar-refractivity contribution >= 4 is 17.9 Å². The summed E-state index contributed by atoms with van der Waals surface area (Å²) in [6, 6.07) is -0.787. The van der Waals surface area contributed by atoms with Crippen LogP contribution in [0.15, 0.2) is 12.7 Å². The fourth-order valence-electron chi connectivity index (χ4n) is 1.51. The zero-order valence-electron chi connectivity index (χ0n) is 9.31. The predicted molar refractivity (Wildman–Crippen MR) is 59.4 cm³/mol. The number of carbonyl (C=O) groups excluding carboxylic acids is 2. The first-order valence-electron chi connectivity index (χ1n) is 5.17. The van der Waals surface area contributed by atoms with Gasteiger partial charge in [-0.15, -0.1) is 6.58 Å². The molecule has 1 aliphatic heterocycles. The van der Waals surface area contributed by atoms with Gasteiger partial charge >= 0.3 is 12.0 Å². The second-order valence-corrected chi connectivity index (χ2v) is 3.72. The van der Waals surface area contributed by atoms with Crippen molar-refractivity contribution in [2.45, 2.75) is 12.5 Å². The SMILES string of the molecule is C=CCN(CC(=O)O)C(=O)NC1CNC(=O)C1. The van der Waals surface area contributed by atoms with Crippen molar-refractivity contribution in [2.24, 2.45) is 0 Å². The molecule has 1 saturated heterocycles. The largest absolute Gasteiger partial charge is 0.480 e. The van der Waals surface area contributed by atoms with Gasteiger partial charge in [0.25, 0.3) is 0 Å². The Hall–Kier alpha value is -2.05. The van der Waals surface area contributed by atoms with Gasteiger partial charge in [-0.1, -0.05) is 6.08 Å². The molecule has 0 bridgehead atoms. The van der Waals surface area contributed by atoms with Crippen molar-refractivity contribution in [3.05, 3.63) is 12.7 Å². The van der Waals surface area contributed by atoms with Crippen LogP contribution in [0.1, 0.15) is 6.42 Å². The molecule has 0 saturated carbocycles. The first-order valence-corrected chi connectivity index (χ1v) is 5.17. The second kappa shape index (κ2) is 5.88. The molecule has 1 unspecified atom stereocenters. The third kappa shape index (κ3) is 4.13. The summed E-state index contributed by atoms with van der Waals surface area (Å²) in [7, 11) is 0. The van der Waals surface area contributed by atoms with E-state index in [0.29, 0.717) is 6.54 Å². The fourth-order valence-corrected chi connectivity index (χ4v) is 1.51. The van der Waals surface area contributed by atoms with Gasteiger partial charge in [-0.3, -0.25) is 9.59 Å². The van der Waals surface area contributed by atoms with E-state index in [4.69, 9.17) is 5.11 Å². The Bertz CT molecular complexity index is 342. The molecule has 7 nitrogen and oxygen atoms in total. The monoisotopic (exact) mass is 241 g/mol. The number of urea groups is 1. The molecule has 0 aliphatic carbocycles. The lowest BCUT2D eigenvalue weighted by Crippen LogP contribution is -2.47. The summed E-state index contributed by atoms with van der Waals surface area (Å²) in [5.41, 5.74) is 0. The van der Waals surface area contributed by atoms with E-state index >= 15 is 0 Å². The number of hydrogen-bond donors (Lipinski definition) is 3. The van der Waals surface area contributed by atoms with Crippen LogP contribution in [0.5, 0.6) is 0 Å². The Morgan fingerprint density at radius 2 is 2.35 bits per heavy atom. The lowest BCUT2D eigenvalue weighted by Gasteiger charge is -2.21. The van der Waals surface area contributed by atoms with E-state index in [1.54, 1.807) is 0 Å². The van der Waals surface area contributed by atoms with Crippen molar-refractivity contribution in [3.63, 3.8) is 0 Å². The van der Waals surface area contributed by atoms with Crippen LogP contribution in [0.4, 0.5) is 4.79 Å². The van der Waals surface area contributed by atoms with E-state index in [-0.39, 0.29) is 24.9 Å². The number of carboxylic acid groups (broad SMARTS) is 1. The first kappa shape index (κ1) is 13.0. The molecular weight excluding hydrogens is 226 g/mol. The summed E-state index contributed by atoms with van der Waals surface area (Å²) in [5.74, 6) is -1.22. The summed E-state index contributed by atoms with van der Waals surface area (Å²) in [5, 5.41) is 13.8.